The van der Waals surface area contributed by atoms with Crippen LogP contribution in [0.3, 0.4) is 0 Å². The summed E-state index contributed by atoms with van der Waals surface area (Å²) in [5, 5.41) is 0. The summed E-state index contributed by atoms with van der Waals surface area (Å²) < 4.78 is 0. The van der Waals surface area contributed by atoms with Crippen LogP contribution in [0.4, 0.5) is 0 Å². The van der Waals surface area contributed by atoms with E-state index in [0.717, 1.165) is 35.5 Å². The molecule has 120 valence electrons. The van der Waals surface area contributed by atoms with Crippen LogP contribution < -0.4 is 0 Å². The third kappa shape index (κ3) is 6.64. The van der Waals surface area contributed by atoms with Crippen LogP contribution in [0.25, 0.3) is 0 Å². The van der Waals surface area contributed by atoms with Crippen LogP contribution in [0.5, 0.6) is 0 Å². The molecule has 0 spiro atoms. The molecule has 0 amide bonds. The molecule has 1 fully saturated rings. The van der Waals surface area contributed by atoms with Crippen LogP contribution in [0.1, 0.15) is 92.9 Å². The Kier molecular flexibility index (Phi) is 8.22. The summed E-state index contributed by atoms with van der Waals surface area (Å²) in [6.45, 7) is 14.5. The summed E-state index contributed by atoms with van der Waals surface area (Å²) >= 11 is 0. The molecule has 0 heteroatoms. The van der Waals surface area contributed by atoms with Crippen molar-refractivity contribution < 1.29 is 0 Å². The maximum atomic E-state index is 2.51. The van der Waals surface area contributed by atoms with Gasteiger partial charge in [-0.1, -0.05) is 67.2 Å². The molecule has 0 aromatic rings. The predicted molar refractivity (Wildman–Crippen MR) is 91.9 cm³/mol. The van der Waals surface area contributed by atoms with E-state index in [1.54, 1.807) is 0 Å². The number of rotatable bonds is 8. The van der Waals surface area contributed by atoms with E-state index in [9.17, 15) is 0 Å². The van der Waals surface area contributed by atoms with Crippen LogP contribution in [0.15, 0.2) is 0 Å². The van der Waals surface area contributed by atoms with Crippen LogP contribution in [-0.4, -0.2) is 0 Å². The van der Waals surface area contributed by atoms with Gasteiger partial charge in [-0.3, -0.25) is 0 Å². The summed E-state index contributed by atoms with van der Waals surface area (Å²) in [5.74, 6) is 5.74. The Morgan fingerprint density at radius 3 is 1.10 bits per heavy atom. The molecule has 1 rings (SSSR count). The highest BCUT2D eigenvalue weighted by Crippen LogP contribution is 2.39. The van der Waals surface area contributed by atoms with Gasteiger partial charge in [-0.25, -0.2) is 0 Å². The van der Waals surface area contributed by atoms with Crippen molar-refractivity contribution in [3.63, 3.8) is 0 Å². The highest BCUT2D eigenvalue weighted by molar-refractivity contribution is 4.79. The summed E-state index contributed by atoms with van der Waals surface area (Å²) in [6.07, 6.45) is 11.8. The Morgan fingerprint density at radius 1 is 0.550 bits per heavy atom. The van der Waals surface area contributed by atoms with E-state index in [1.165, 1.54) is 51.4 Å². The molecule has 2 unspecified atom stereocenters. The van der Waals surface area contributed by atoms with Gasteiger partial charge in [0.05, 0.1) is 0 Å². The summed E-state index contributed by atoms with van der Waals surface area (Å²) in [5.41, 5.74) is 0. The van der Waals surface area contributed by atoms with Crippen molar-refractivity contribution >= 4 is 0 Å². The van der Waals surface area contributed by atoms with Crippen LogP contribution >= 0.6 is 0 Å². The van der Waals surface area contributed by atoms with Gasteiger partial charge < -0.3 is 0 Å². The Balaban J connectivity index is 2.25. The van der Waals surface area contributed by atoms with Crippen molar-refractivity contribution in [2.75, 3.05) is 0 Å². The lowest BCUT2D eigenvalue weighted by Crippen LogP contribution is -2.24. The number of hydrogen-bond donors (Lipinski definition) is 0. The summed E-state index contributed by atoms with van der Waals surface area (Å²) in [4.78, 5) is 0. The molecule has 1 aliphatic carbocycles. The lowest BCUT2D eigenvalue weighted by Gasteiger charge is -2.35. The predicted octanol–water partition coefficient (Wildman–Crippen LogP) is 6.94. The second-order valence-corrected chi connectivity index (χ2v) is 8.57. The zero-order valence-corrected chi connectivity index (χ0v) is 15.1. The zero-order valence-electron chi connectivity index (χ0n) is 15.1. The molecule has 0 saturated heterocycles. The quantitative estimate of drug-likeness (QED) is 0.452. The lowest BCUT2D eigenvalue weighted by molar-refractivity contribution is 0.160. The molecule has 0 heterocycles. The van der Waals surface area contributed by atoms with E-state index >= 15 is 0 Å². The van der Waals surface area contributed by atoms with Crippen molar-refractivity contribution in [1.82, 2.24) is 0 Å². The van der Waals surface area contributed by atoms with Gasteiger partial charge in [0.15, 0.2) is 0 Å². The minimum absolute atomic E-state index is 0.879. The first kappa shape index (κ1) is 18.1. The fourth-order valence-electron chi connectivity index (χ4n) is 3.95. The normalized spacial score (nSPS) is 27.0. The molecule has 0 radical (unpaired) electrons. The molecule has 20 heavy (non-hydrogen) atoms. The molecule has 0 bridgehead atoms. The molecule has 2 atom stereocenters. The van der Waals surface area contributed by atoms with Crippen molar-refractivity contribution in [3.8, 4) is 0 Å². The van der Waals surface area contributed by atoms with E-state index in [2.05, 4.69) is 41.5 Å². The average molecular weight is 281 g/mol. The maximum Gasteiger partial charge on any atom is -0.0388 e. The van der Waals surface area contributed by atoms with E-state index in [1.807, 2.05) is 0 Å². The first-order chi connectivity index (χ1) is 9.40. The first-order valence-corrected chi connectivity index (χ1v) is 9.40. The molecular formula is C20H40. The molecule has 0 aromatic carbocycles. The molecule has 1 aliphatic rings. The van der Waals surface area contributed by atoms with E-state index in [-0.39, 0.29) is 0 Å². The molecule has 0 nitrogen and oxygen atoms in total. The van der Waals surface area contributed by atoms with Crippen molar-refractivity contribution in [3.05, 3.63) is 0 Å². The fraction of sp³-hybridized carbons (Fsp3) is 1.00. The molecule has 1 saturated carbocycles. The van der Waals surface area contributed by atoms with Crippen molar-refractivity contribution in [1.29, 1.82) is 0 Å². The molecule has 0 aromatic heterocycles. The van der Waals surface area contributed by atoms with Crippen LogP contribution in [0, 0.1) is 35.5 Å². The smallest absolute Gasteiger partial charge is 0.0388 e. The monoisotopic (exact) mass is 280 g/mol. The Morgan fingerprint density at radius 2 is 0.850 bits per heavy atom. The largest absolute Gasteiger partial charge is 0.0628 e. The molecule has 0 N–H and O–H groups in total. The van der Waals surface area contributed by atoms with E-state index in [4.69, 9.17) is 0 Å². The third-order valence-corrected chi connectivity index (χ3v) is 5.82. The van der Waals surface area contributed by atoms with Crippen molar-refractivity contribution in [2.24, 2.45) is 35.5 Å². The van der Waals surface area contributed by atoms with E-state index in [0.29, 0.717) is 0 Å². The van der Waals surface area contributed by atoms with Gasteiger partial charge in [0.25, 0.3) is 0 Å². The summed E-state index contributed by atoms with van der Waals surface area (Å²) in [7, 11) is 0. The van der Waals surface area contributed by atoms with Gasteiger partial charge in [0.2, 0.25) is 0 Å². The van der Waals surface area contributed by atoms with Gasteiger partial charge in [0, 0.05) is 0 Å². The topological polar surface area (TPSA) is 0 Å². The standard InChI is InChI=1S/C20H40/c1-15(2)7-9-17(5)19-11-13-20(14-12-19)18(6)10-8-16(3)4/h15-20H,7-14H2,1-6H3. The SMILES string of the molecule is CC(C)CCC(C)C1CCC(C(C)CCC(C)C)CC1. The van der Waals surface area contributed by atoms with Crippen LogP contribution in [-0.2, 0) is 0 Å². The fourth-order valence-corrected chi connectivity index (χ4v) is 3.95. The third-order valence-electron chi connectivity index (χ3n) is 5.82. The summed E-state index contributed by atoms with van der Waals surface area (Å²) in [6, 6.07) is 0. The van der Waals surface area contributed by atoms with Gasteiger partial charge >= 0.3 is 0 Å². The Hall–Kier alpha value is 0. The van der Waals surface area contributed by atoms with Crippen molar-refractivity contribution in [2.45, 2.75) is 92.9 Å². The zero-order chi connectivity index (χ0) is 15.1. The first-order valence-electron chi connectivity index (χ1n) is 9.40. The Labute approximate surface area is 129 Å². The molecule has 0 aliphatic heterocycles. The number of hydrogen-bond acceptors (Lipinski definition) is 0. The minimum Gasteiger partial charge on any atom is -0.0628 e. The highest BCUT2D eigenvalue weighted by Gasteiger charge is 2.27. The van der Waals surface area contributed by atoms with Crippen LogP contribution in [0.2, 0.25) is 0 Å². The van der Waals surface area contributed by atoms with Gasteiger partial charge in [0.1, 0.15) is 0 Å². The lowest BCUT2D eigenvalue weighted by atomic mass is 9.70. The Bertz CT molecular complexity index is 206. The second kappa shape index (κ2) is 9.11. The average Bonchev–Trinajstić information content (AvgIpc) is 2.42. The van der Waals surface area contributed by atoms with E-state index < -0.39 is 0 Å². The highest BCUT2D eigenvalue weighted by atomic mass is 14.3. The van der Waals surface area contributed by atoms with Gasteiger partial charge in [-0.05, 0) is 61.2 Å². The van der Waals surface area contributed by atoms with Gasteiger partial charge in [-0.15, -0.1) is 0 Å². The second-order valence-electron chi connectivity index (χ2n) is 8.57. The molecular weight excluding hydrogens is 240 g/mol. The maximum absolute atomic E-state index is 2.51. The van der Waals surface area contributed by atoms with Gasteiger partial charge in [-0.2, -0.15) is 0 Å². The minimum atomic E-state index is 0.879.